The molecule has 3 N–H and O–H groups in total. The van der Waals surface area contributed by atoms with Gasteiger partial charge in [0.05, 0.1) is 5.60 Å². The van der Waals surface area contributed by atoms with Gasteiger partial charge in [-0.2, -0.15) is 0 Å². The summed E-state index contributed by atoms with van der Waals surface area (Å²) in [4.78, 5) is 25.9. The molecule has 0 unspecified atom stereocenters. The van der Waals surface area contributed by atoms with Crippen molar-refractivity contribution in [1.82, 2.24) is 14.9 Å². The van der Waals surface area contributed by atoms with E-state index >= 15 is 0 Å². The summed E-state index contributed by atoms with van der Waals surface area (Å²) in [6.07, 6.45) is 4.25. The first-order valence-corrected chi connectivity index (χ1v) is 7.00. The number of aromatic amines is 1. The van der Waals surface area contributed by atoms with Gasteiger partial charge in [-0.1, -0.05) is 0 Å². The van der Waals surface area contributed by atoms with Crippen LogP contribution in [0.25, 0.3) is 0 Å². The molecule has 1 heterocycles. The topological polar surface area (TPSA) is 87.1 Å². The Hall–Kier alpha value is -1.40. The molecular formula is C14H23N3O3. The van der Waals surface area contributed by atoms with Crippen molar-refractivity contribution in [2.24, 2.45) is 0 Å². The summed E-state index contributed by atoms with van der Waals surface area (Å²) in [5.74, 6) is 0. The Balaban J connectivity index is 2.11. The van der Waals surface area contributed by atoms with Crippen molar-refractivity contribution >= 4 is 0 Å². The second-order valence-electron chi connectivity index (χ2n) is 6.64. The molecule has 0 spiro atoms. The van der Waals surface area contributed by atoms with Gasteiger partial charge >= 0.3 is 5.69 Å². The van der Waals surface area contributed by atoms with E-state index in [1.54, 1.807) is 6.20 Å². The SMILES string of the molecule is CC(C)(C)n1cc(CNCC2(O)CCC2)c(=O)[nH]c1=O. The van der Waals surface area contributed by atoms with Gasteiger partial charge in [-0.15, -0.1) is 0 Å². The maximum absolute atomic E-state index is 11.8. The molecule has 1 fully saturated rings. The smallest absolute Gasteiger partial charge is 0.328 e. The molecule has 0 atom stereocenters. The van der Waals surface area contributed by atoms with E-state index in [9.17, 15) is 14.7 Å². The van der Waals surface area contributed by atoms with Crippen molar-refractivity contribution in [3.63, 3.8) is 0 Å². The van der Waals surface area contributed by atoms with Crippen LogP contribution >= 0.6 is 0 Å². The average molecular weight is 281 g/mol. The summed E-state index contributed by atoms with van der Waals surface area (Å²) in [6.45, 7) is 6.53. The monoisotopic (exact) mass is 281 g/mol. The highest BCUT2D eigenvalue weighted by atomic mass is 16.3. The standard InChI is InChI=1S/C14H23N3O3/c1-13(2,3)17-8-10(11(18)16-12(17)19)7-15-9-14(20)5-4-6-14/h8,15,20H,4-7,9H2,1-3H3,(H,16,18,19). The van der Waals surface area contributed by atoms with E-state index in [4.69, 9.17) is 0 Å². The maximum atomic E-state index is 11.8. The van der Waals surface area contributed by atoms with Crippen LogP contribution in [-0.4, -0.2) is 26.8 Å². The Labute approximate surface area is 117 Å². The van der Waals surface area contributed by atoms with Crippen LogP contribution in [0, 0.1) is 0 Å². The molecule has 6 nitrogen and oxygen atoms in total. The van der Waals surface area contributed by atoms with Crippen molar-refractivity contribution in [1.29, 1.82) is 0 Å². The van der Waals surface area contributed by atoms with Crippen molar-refractivity contribution in [2.75, 3.05) is 6.54 Å². The van der Waals surface area contributed by atoms with Gasteiger partial charge in [0.15, 0.2) is 0 Å². The predicted octanol–water partition coefficient (Wildman–Crippen LogP) is 0.296. The lowest BCUT2D eigenvalue weighted by Gasteiger charge is -2.36. The van der Waals surface area contributed by atoms with Gasteiger partial charge in [-0.3, -0.25) is 14.3 Å². The highest BCUT2D eigenvalue weighted by molar-refractivity contribution is 5.06. The fourth-order valence-electron chi connectivity index (χ4n) is 2.33. The van der Waals surface area contributed by atoms with Gasteiger partial charge in [-0.25, -0.2) is 4.79 Å². The van der Waals surface area contributed by atoms with Crippen LogP contribution in [0.15, 0.2) is 15.8 Å². The van der Waals surface area contributed by atoms with Crippen LogP contribution in [0.5, 0.6) is 0 Å². The van der Waals surface area contributed by atoms with E-state index < -0.39 is 11.3 Å². The van der Waals surface area contributed by atoms with Crippen LogP contribution in [0.3, 0.4) is 0 Å². The first-order chi connectivity index (χ1) is 9.21. The first-order valence-electron chi connectivity index (χ1n) is 7.00. The molecule has 1 aromatic heterocycles. The minimum Gasteiger partial charge on any atom is -0.389 e. The highest BCUT2D eigenvalue weighted by Crippen LogP contribution is 2.30. The first kappa shape index (κ1) is 15.0. The summed E-state index contributed by atoms with van der Waals surface area (Å²) >= 11 is 0. The molecule has 1 aromatic rings. The number of aromatic nitrogens is 2. The van der Waals surface area contributed by atoms with E-state index in [2.05, 4.69) is 10.3 Å². The van der Waals surface area contributed by atoms with Crippen molar-refractivity contribution in [3.05, 3.63) is 32.6 Å². The van der Waals surface area contributed by atoms with Gasteiger partial charge in [0.1, 0.15) is 0 Å². The molecule has 112 valence electrons. The summed E-state index contributed by atoms with van der Waals surface area (Å²) in [7, 11) is 0. The van der Waals surface area contributed by atoms with Gasteiger partial charge in [0, 0.05) is 30.4 Å². The number of hydrogen-bond acceptors (Lipinski definition) is 4. The van der Waals surface area contributed by atoms with E-state index in [-0.39, 0.29) is 11.1 Å². The fraction of sp³-hybridized carbons (Fsp3) is 0.714. The van der Waals surface area contributed by atoms with Crippen molar-refractivity contribution in [2.45, 2.75) is 57.7 Å². The summed E-state index contributed by atoms with van der Waals surface area (Å²) in [6, 6.07) is 0. The molecule has 0 aliphatic heterocycles. The largest absolute Gasteiger partial charge is 0.389 e. The van der Waals surface area contributed by atoms with Gasteiger partial charge in [-0.05, 0) is 40.0 Å². The molecular weight excluding hydrogens is 258 g/mol. The van der Waals surface area contributed by atoms with E-state index in [0.29, 0.717) is 18.7 Å². The number of rotatable bonds is 4. The Kier molecular flexibility index (Phi) is 3.88. The second kappa shape index (κ2) is 5.18. The average Bonchev–Trinajstić information content (AvgIpc) is 2.28. The zero-order chi connectivity index (χ0) is 15.0. The Morgan fingerprint density at radius 2 is 2.05 bits per heavy atom. The zero-order valence-electron chi connectivity index (χ0n) is 12.3. The highest BCUT2D eigenvalue weighted by Gasteiger charge is 2.33. The summed E-state index contributed by atoms with van der Waals surface area (Å²) in [5, 5.41) is 13.1. The summed E-state index contributed by atoms with van der Waals surface area (Å²) in [5.41, 5.74) is -1.28. The Morgan fingerprint density at radius 3 is 2.55 bits per heavy atom. The van der Waals surface area contributed by atoms with Crippen molar-refractivity contribution in [3.8, 4) is 0 Å². The van der Waals surface area contributed by atoms with Crippen LogP contribution in [0.1, 0.15) is 45.6 Å². The number of nitrogens with one attached hydrogen (secondary N) is 2. The maximum Gasteiger partial charge on any atom is 0.328 e. The van der Waals surface area contributed by atoms with Crippen LogP contribution in [0.4, 0.5) is 0 Å². The fourth-order valence-corrected chi connectivity index (χ4v) is 2.33. The second-order valence-corrected chi connectivity index (χ2v) is 6.64. The number of hydrogen-bond donors (Lipinski definition) is 3. The molecule has 0 amide bonds. The van der Waals surface area contributed by atoms with E-state index in [0.717, 1.165) is 19.3 Å². The predicted molar refractivity (Wildman–Crippen MR) is 76.8 cm³/mol. The number of aliphatic hydroxyl groups is 1. The third kappa shape index (κ3) is 3.19. The lowest BCUT2D eigenvalue weighted by molar-refractivity contribution is -0.0315. The van der Waals surface area contributed by atoms with Gasteiger partial charge in [0.2, 0.25) is 0 Å². The third-order valence-electron chi connectivity index (χ3n) is 3.79. The molecule has 2 rings (SSSR count). The van der Waals surface area contributed by atoms with Crippen LogP contribution in [0.2, 0.25) is 0 Å². The molecule has 0 aromatic carbocycles. The minimum atomic E-state index is -0.620. The Morgan fingerprint density at radius 1 is 1.40 bits per heavy atom. The lowest BCUT2D eigenvalue weighted by Crippen LogP contribution is -2.46. The Bertz CT molecular complexity index is 591. The third-order valence-corrected chi connectivity index (χ3v) is 3.79. The molecule has 0 radical (unpaired) electrons. The van der Waals surface area contributed by atoms with Crippen molar-refractivity contribution < 1.29 is 5.11 Å². The molecule has 6 heteroatoms. The molecule has 0 saturated heterocycles. The molecule has 0 bridgehead atoms. The quantitative estimate of drug-likeness (QED) is 0.740. The van der Waals surface area contributed by atoms with E-state index in [1.807, 2.05) is 20.8 Å². The van der Waals surface area contributed by atoms with Gasteiger partial charge < -0.3 is 10.4 Å². The summed E-state index contributed by atoms with van der Waals surface area (Å²) < 4.78 is 1.52. The van der Waals surface area contributed by atoms with Crippen LogP contribution in [-0.2, 0) is 12.1 Å². The zero-order valence-corrected chi connectivity index (χ0v) is 12.3. The molecule has 1 saturated carbocycles. The minimum absolute atomic E-state index is 0.341. The van der Waals surface area contributed by atoms with Crippen LogP contribution < -0.4 is 16.6 Å². The molecule has 20 heavy (non-hydrogen) atoms. The molecule has 1 aliphatic rings. The number of H-pyrrole nitrogens is 1. The number of nitrogens with zero attached hydrogens (tertiary/aromatic N) is 1. The molecule has 1 aliphatic carbocycles. The van der Waals surface area contributed by atoms with Gasteiger partial charge in [0.25, 0.3) is 5.56 Å². The van der Waals surface area contributed by atoms with E-state index in [1.165, 1.54) is 4.57 Å². The lowest BCUT2D eigenvalue weighted by atomic mass is 9.80. The normalized spacial score (nSPS) is 17.8.